The lowest BCUT2D eigenvalue weighted by atomic mass is 9.91. The number of piperidine rings is 1. The summed E-state index contributed by atoms with van der Waals surface area (Å²) in [5.41, 5.74) is 0. The molecule has 2 heterocycles. The molecule has 23 heavy (non-hydrogen) atoms. The third-order valence-corrected chi connectivity index (χ3v) is 5.26. The molecule has 0 aromatic rings. The van der Waals surface area contributed by atoms with E-state index >= 15 is 0 Å². The summed E-state index contributed by atoms with van der Waals surface area (Å²) in [7, 11) is 0. The maximum Gasteiger partial charge on any atom is 0.220 e. The molecular formula is C18H36N4O. The average molecular weight is 325 g/mol. The second-order valence-corrected chi connectivity index (χ2v) is 7.84. The highest BCUT2D eigenvalue weighted by atomic mass is 16.1. The molecule has 0 aliphatic carbocycles. The van der Waals surface area contributed by atoms with Crippen molar-refractivity contribution in [1.29, 1.82) is 0 Å². The highest BCUT2D eigenvalue weighted by molar-refractivity contribution is 5.76. The first-order valence-corrected chi connectivity index (χ1v) is 9.44. The van der Waals surface area contributed by atoms with E-state index in [-0.39, 0.29) is 5.91 Å². The van der Waals surface area contributed by atoms with Crippen molar-refractivity contribution in [2.45, 2.75) is 65.1 Å². The normalized spacial score (nSPS) is 21.8. The van der Waals surface area contributed by atoms with Crippen LogP contribution in [-0.4, -0.2) is 73.1 Å². The Bertz CT molecular complexity index is 358. The minimum atomic E-state index is 0.226. The van der Waals surface area contributed by atoms with Gasteiger partial charge in [0.1, 0.15) is 0 Å². The number of hydrogen-bond acceptors (Lipinski definition) is 4. The van der Waals surface area contributed by atoms with E-state index in [4.69, 9.17) is 0 Å². The SMILES string of the molecule is CC(C)NCCNC(=O)CC1CCN(C2CN(C(C)C)C2)CC1. The van der Waals surface area contributed by atoms with Gasteiger partial charge in [0.25, 0.3) is 0 Å². The van der Waals surface area contributed by atoms with E-state index in [1.54, 1.807) is 0 Å². The average Bonchev–Trinajstić information content (AvgIpc) is 2.43. The quantitative estimate of drug-likeness (QED) is 0.661. The lowest BCUT2D eigenvalue weighted by Crippen LogP contribution is -2.62. The number of nitrogens with one attached hydrogen (secondary N) is 2. The summed E-state index contributed by atoms with van der Waals surface area (Å²) in [5.74, 6) is 0.800. The van der Waals surface area contributed by atoms with Crippen molar-refractivity contribution in [2.75, 3.05) is 39.3 Å². The number of nitrogens with zero attached hydrogens (tertiary/aromatic N) is 2. The van der Waals surface area contributed by atoms with Gasteiger partial charge in [-0.2, -0.15) is 0 Å². The number of rotatable bonds is 8. The molecule has 2 rings (SSSR count). The molecule has 0 atom stereocenters. The van der Waals surface area contributed by atoms with Crippen LogP contribution < -0.4 is 10.6 Å². The molecule has 2 saturated heterocycles. The minimum Gasteiger partial charge on any atom is -0.355 e. The maximum absolute atomic E-state index is 12.0. The Morgan fingerprint density at radius 1 is 1.09 bits per heavy atom. The van der Waals surface area contributed by atoms with Crippen LogP contribution in [0.15, 0.2) is 0 Å². The monoisotopic (exact) mass is 324 g/mol. The molecule has 2 aliphatic heterocycles. The van der Waals surface area contributed by atoms with E-state index in [2.05, 4.69) is 48.1 Å². The Balaban J connectivity index is 1.55. The van der Waals surface area contributed by atoms with Gasteiger partial charge in [0.2, 0.25) is 5.91 Å². The molecule has 5 heteroatoms. The Hall–Kier alpha value is -0.650. The fourth-order valence-corrected chi connectivity index (χ4v) is 3.56. The van der Waals surface area contributed by atoms with Gasteiger partial charge in [-0.25, -0.2) is 0 Å². The zero-order valence-corrected chi connectivity index (χ0v) is 15.5. The van der Waals surface area contributed by atoms with Gasteiger partial charge in [-0.3, -0.25) is 14.6 Å². The molecule has 5 nitrogen and oxygen atoms in total. The van der Waals surface area contributed by atoms with Gasteiger partial charge < -0.3 is 10.6 Å². The molecule has 0 aromatic heterocycles. The number of likely N-dealkylation sites (tertiary alicyclic amines) is 2. The number of amides is 1. The van der Waals surface area contributed by atoms with Crippen molar-refractivity contribution >= 4 is 5.91 Å². The zero-order valence-electron chi connectivity index (χ0n) is 15.5. The third kappa shape index (κ3) is 6.05. The van der Waals surface area contributed by atoms with Gasteiger partial charge in [-0.05, 0) is 45.7 Å². The summed E-state index contributed by atoms with van der Waals surface area (Å²) >= 11 is 0. The summed E-state index contributed by atoms with van der Waals surface area (Å²) in [4.78, 5) is 17.2. The molecule has 0 saturated carbocycles. The number of hydrogen-bond donors (Lipinski definition) is 2. The molecule has 0 aromatic carbocycles. The van der Waals surface area contributed by atoms with Gasteiger partial charge in [-0.15, -0.1) is 0 Å². The summed E-state index contributed by atoms with van der Waals surface area (Å²) in [6, 6.07) is 1.92. The van der Waals surface area contributed by atoms with Crippen LogP contribution in [0.5, 0.6) is 0 Å². The number of carbonyl (C=O) groups excluding carboxylic acids is 1. The molecule has 0 spiro atoms. The van der Waals surface area contributed by atoms with Gasteiger partial charge in [-0.1, -0.05) is 13.8 Å². The third-order valence-electron chi connectivity index (χ3n) is 5.26. The molecule has 0 unspecified atom stereocenters. The zero-order chi connectivity index (χ0) is 16.8. The van der Waals surface area contributed by atoms with Crippen LogP contribution in [0.3, 0.4) is 0 Å². The van der Waals surface area contributed by atoms with E-state index in [1.807, 2.05) is 0 Å². The first-order chi connectivity index (χ1) is 11.0. The molecule has 2 N–H and O–H groups in total. The Labute approximate surface area is 142 Å². The predicted molar refractivity (Wildman–Crippen MR) is 95.6 cm³/mol. The van der Waals surface area contributed by atoms with Gasteiger partial charge in [0.05, 0.1) is 0 Å². The molecule has 2 aliphatic rings. The minimum absolute atomic E-state index is 0.226. The molecule has 2 fully saturated rings. The summed E-state index contributed by atoms with van der Waals surface area (Å²) < 4.78 is 0. The van der Waals surface area contributed by atoms with Crippen molar-refractivity contribution in [2.24, 2.45) is 5.92 Å². The Morgan fingerprint density at radius 2 is 1.74 bits per heavy atom. The van der Waals surface area contributed by atoms with Crippen LogP contribution in [-0.2, 0) is 4.79 Å². The molecule has 134 valence electrons. The second kappa shape index (κ2) is 9.00. The van der Waals surface area contributed by atoms with Crippen LogP contribution in [0.2, 0.25) is 0 Å². The molecule has 1 amide bonds. The van der Waals surface area contributed by atoms with Crippen molar-refractivity contribution in [1.82, 2.24) is 20.4 Å². The largest absolute Gasteiger partial charge is 0.355 e. The van der Waals surface area contributed by atoms with Crippen LogP contribution in [0.1, 0.15) is 47.0 Å². The van der Waals surface area contributed by atoms with Gasteiger partial charge in [0.15, 0.2) is 0 Å². The molecular weight excluding hydrogens is 288 g/mol. The van der Waals surface area contributed by atoms with E-state index in [1.165, 1.54) is 39.0 Å². The van der Waals surface area contributed by atoms with Gasteiger partial charge >= 0.3 is 0 Å². The van der Waals surface area contributed by atoms with Crippen LogP contribution in [0.4, 0.5) is 0 Å². The second-order valence-electron chi connectivity index (χ2n) is 7.84. The van der Waals surface area contributed by atoms with Crippen molar-refractivity contribution in [3.05, 3.63) is 0 Å². The van der Waals surface area contributed by atoms with E-state index < -0.39 is 0 Å². The highest BCUT2D eigenvalue weighted by Crippen LogP contribution is 2.25. The highest BCUT2D eigenvalue weighted by Gasteiger charge is 2.34. The standard InChI is InChI=1S/C18H36N4O/c1-14(2)19-7-8-20-18(23)11-16-5-9-21(10-6-16)17-12-22(13-17)15(3)4/h14-17,19H,5-13H2,1-4H3,(H,20,23). The van der Waals surface area contributed by atoms with E-state index in [9.17, 15) is 4.79 Å². The Kier molecular flexibility index (Phi) is 7.31. The fraction of sp³-hybridized carbons (Fsp3) is 0.944. The first-order valence-electron chi connectivity index (χ1n) is 9.44. The maximum atomic E-state index is 12.0. The lowest BCUT2D eigenvalue weighted by molar-refractivity contribution is -0.122. The predicted octanol–water partition coefficient (Wildman–Crippen LogP) is 1.30. The van der Waals surface area contributed by atoms with E-state index in [0.717, 1.165) is 19.1 Å². The van der Waals surface area contributed by atoms with Gasteiger partial charge in [0, 0.05) is 50.7 Å². The van der Waals surface area contributed by atoms with E-state index in [0.29, 0.717) is 24.4 Å². The van der Waals surface area contributed by atoms with Crippen molar-refractivity contribution in [3.63, 3.8) is 0 Å². The fourth-order valence-electron chi connectivity index (χ4n) is 3.56. The van der Waals surface area contributed by atoms with Crippen molar-refractivity contribution < 1.29 is 4.79 Å². The first kappa shape index (κ1) is 18.7. The number of carbonyl (C=O) groups is 1. The smallest absolute Gasteiger partial charge is 0.220 e. The summed E-state index contributed by atoms with van der Waals surface area (Å²) in [5, 5.41) is 6.36. The van der Waals surface area contributed by atoms with Crippen molar-refractivity contribution in [3.8, 4) is 0 Å². The summed E-state index contributed by atoms with van der Waals surface area (Å²) in [6.07, 6.45) is 3.06. The Morgan fingerprint density at radius 3 is 2.30 bits per heavy atom. The lowest BCUT2D eigenvalue weighted by Gasteiger charge is -2.49. The topological polar surface area (TPSA) is 47.6 Å². The van der Waals surface area contributed by atoms with Crippen LogP contribution in [0.25, 0.3) is 0 Å². The molecule has 0 bridgehead atoms. The molecule has 0 radical (unpaired) electrons. The summed E-state index contributed by atoms with van der Waals surface area (Å²) in [6.45, 7) is 15.2. The van der Waals surface area contributed by atoms with Crippen LogP contribution in [0, 0.1) is 5.92 Å². The van der Waals surface area contributed by atoms with Crippen LogP contribution >= 0.6 is 0 Å².